The van der Waals surface area contributed by atoms with Gasteiger partial charge < -0.3 is 5.73 Å². The number of Topliss-reactive ketones (excluding diaryl/α,β-unsaturated/α-hetero) is 1. The molecule has 0 saturated heterocycles. The Morgan fingerprint density at radius 1 is 1.39 bits per heavy atom. The number of hydrogen-bond donors (Lipinski definition) is 1. The summed E-state index contributed by atoms with van der Waals surface area (Å²) in [5.74, 6) is -0.305. The second-order valence-electron chi connectivity index (χ2n) is 6.12. The molecule has 1 atom stereocenters. The van der Waals surface area contributed by atoms with Crippen LogP contribution >= 0.6 is 0 Å². The van der Waals surface area contributed by atoms with Crippen LogP contribution in [0.25, 0.3) is 0 Å². The van der Waals surface area contributed by atoms with Crippen LogP contribution in [0.15, 0.2) is 18.2 Å². The van der Waals surface area contributed by atoms with E-state index in [0.717, 1.165) is 6.42 Å². The molecule has 0 amide bonds. The minimum Gasteiger partial charge on any atom is -0.327 e. The number of halogens is 1. The Morgan fingerprint density at radius 2 is 2.00 bits per heavy atom. The van der Waals surface area contributed by atoms with Gasteiger partial charge in [-0.05, 0) is 42.5 Å². The van der Waals surface area contributed by atoms with E-state index in [1.807, 2.05) is 0 Å². The van der Waals surface area contributed by atoms with Gasteiger partial charge in [0.1, 0.15) is 5.82 Å². The van der Waals surface area contributed by atoms with Crippen molar-refractivity contribution < 1.29 is 9.18 Å². The summed E-state index contributed by atoms with van der Waals surface area (Å²) in [6.07, 6.45) is 1.10. The minimum absolute atomic E-state index is 0.0187. The molecule has 100 valence electrons. The zero-order valence-corrected chi connectivity index (χ0v) is 11.6. The lowest BCUT2D eigenvalue weighted by Gasteiger charge is -2.22. The molecule has 0 radical (unpaired) electrons. The van der Waals surface area contributed by atoms with E-state index in [-0.39, 0.29) is 23.1 Å². The van der Waals surface area contributed by atoms with Crippen LogP contribution in [0.3, 0.4) is 0 Å². The zero-order valence-electron chi connectivity index (χ0n) is 11.6. The van der Waals surface area contributed by atoms with Gasteiger partial charge >= 0.3 is 0 Å². The first-order chi connectivity index (χ1) is 8.19. The predicted octanol–water partition coefficient (Wildman–Crippen LogP) is 3.47. The van der Waals surface area contributed by atoms with Crippen molar-refractivity contribution in [1.82, 2.24) is 0 Å². The van der Waals surface area contributed by atoms with Crippen molar-refractivity contribution in [3.8, 4) is 0 Å². The highest BCUT2D eigenvalue weighted by atomic mass is 19.1. The molecule has 0 heterocycles. The fourth-order valence-electron chi connectivity index (χ4n) is 2.03. The van der Waals surface area contributed by atoms with Crippen molar-refractivity contribution in [2.45, 2.75) is 46.6 Å². The van der Waals surface area contributed by atoms with Crippen LogP contribution in [0.2, 0.25) is 0 Å². The Bertz CT molecular complexity index is 435. The summed E-state index contributed by atoms with van der Waals surface area (Å²) in [6, 6.07) is 4.29. The van der Waals surface area contributed by atoms with E-state index in [1.165, 1.54) is 12.1 Å². The Labute approximate surface area is 108 Å². The molecule has 0 aliphatic carbocycles. The van der Waals surface area contributed by atoms with E-state index in [1.54, 1.807) is 13.0 Å². The monoisotopic (exact) mass is 251 g/mol. The smallest absolute Gasteiger partial charge is 0.164 e. The van der Waals surface area contributed by atoms with Gasteiger partial charge in [-0.1, -0.05) is 20.8 Å². The fourth-order valence-corrected chi connectivity index (χ4v) is 2.03. The molecule has 2 nitrogen and oxygen atoms in total. The maximum atomic E-state index is 13.1. The van der Waals surface area contributed by atoms with Gasteiger partial charge in [-0.2, -0.15) is 0 Å². The molecule has 0 aliphatic rings. The van der Waals surface area contributed by atoms with Crippen LogP contribution in [0.4, 0.5) is 4.39 Å². The maximum Gasteiger partial charge on any atom is 0.164 e. The van der Waals surface area contributed by atoms with E-state index in [4.69, 9.17) is 5.73 Å². The van der Waals surface area contributed by atoms with E-state index in [2.05, 4.69) is 20.8 Å². The molecule has 2 N–H and O–H groups in total. The molecule has 18 heavy (non-hydrogen) atoms. The average Bonchev–Trinajstić information content (AvgIpc) is 2.18. The zero-order chi connectivity index (χ0) is 13.9. The number of ketones is 1. The lowest BCUT2D eigenvalue weighted by molar-refractivity contribution is 0.0968. The molecule has 1 unspecified atom stereocenters. The van der Waals surface area contributed by atoms with Gasteiger partial charge in [0.2, 0.25) is 0 Å². The molecule has 0 fully saturated rings. The molecule has 1 rings (SSSR count). The Hall–Kier alpha value is -1.22. The van der Waals surface area contributed by atoms with Gasteiger partial charge in [0.15, 0.2) is 5.78 Å². The number of nitrogens with two attached hydrogens (primary N) is 1. The first-order valence-electron chi connectivity index (χ1n) is 6.24. The molecule has 0 bridgehead atoms. The first-order valence-corrected chi connectivity index (χ1v) is 6.24. The van der Waals surface area contributed by atoms with Gasteiger partial charge in [0, 0.05) is 18.0 Å². The maximum absolute atomic E-state index is 13.1. The van der Waals surface area contributed by atoms with E-state index >= 15 is 0 Å². The van der Waals surface area contributed by atoms with Crippen LogP contribution in [0.5, 0.6) is 0 Å². The van der Waals surface area contributed by atoms with Crippen molar-refractivity contribution in [1.29, 1.82) is 0 Å². The summed E-state index contributed by atoms with van der Waals surface area (Å²) in [5.41, 5.74) is 7.11. The summed E-state index contributed by atoms with van der Waals surface area (Å²) in [5, 5.41) is 0. The summed E-state index contributed by atoms with van der Waals surface area (Å²) in [4.78, 5) is 12.0. The Balaban J connectivity index is 2.68. The molecular weight excluding hydrogens is 229 g/mol. The van der Waals surface area contributed by atoms with Gasteiger partial charge in [-0.3, -0.25) is 4.79 Å². The van der Waals surface area contributed by atoms with Crippen LogP contribution in [-0.2, 0) is 0 Å². The summed E-state index contributed by atoms with van der Waals surface area (Å²) < 4.78 is 13.1. The highest BCUT2D eigenvalue weighted by Gasteiger charge is 2.19. The van der Waals surface area contributed by atoms with Gasteiger partial charge in [0.25, 0.3) is 0 Å². The number of benzene rings is 1. The van der Waals surface area contributed by atoms with Crippen molar-refractivity contribution in [2.24, 2.45) is 11.1 Å². The molecule has 0 saturated carbocycles. The highest BCUT2D eigenvalue weighted by molar-refractivity contribution is 5.96. The fraction of sp³-hybridized carbons (Fsp3) is 0.533. The molecule has 3 heteroatoms. The van der Waals surface area contributed by atoms with Crippen molar-refractivity contribution in [3.63, 3.8) is 0 Å². The second-order valence-corrected chi connectivity index (χ2v) is 6.12. The number of rotatable bonds is 4. The molecule has 1 aromatic carbocycles. The molecular formula is C15H22FNO. The van der Waals surface area contributed by atoms with Crippen LogP contribution in [0.1, 0.15) is 49.5 Å². The van der Waals surface area contributed by atoms with E-state index < -0.39 is 0 Å². The summed E-state index contributed by atoms with van der Waals surface area (Å²) >= 11 is 0. The van der Waals surface area contributed by atoms with Crippen molar-refractivity contribution in [3.05, 3.63) is 35.1 Å². The standard InChI is InChI=1S/C15H22FNO/c1-10-7-11(5-6-13(10)16)14(18)8-12(17)9-15(2,3)4/h5-7,12H,8-9,17H2,1-4H3. The highest BCUT2D eigenvalue weighted by Crippen LogP contribution is 2.22. The molecule has 0 aliphatic heterocycles. The van der Waals surface area contributed by atoms with Crippen LogP contribution in [-0.4, -0.2) is 11.8 Å². The number of carbonyl (C=O) groups excluding carboxylic acids is 1. The van der Waals surface area contributed by atoms with Gasteiger partial charge in [-0.25, -0.2) is 4.39 Å². The predicted molar refractivity (Wildman–Crippen MR) is 72.1 cm³/mol. The lowest BCUT2D eigenvalue weighted by atomic mass is 9.86. The molecule has 0 spiro atoms. The third-order valence-electron chi connectivity index (χ3n) is 2.80. The molecule has 0 aromatic heterocycles. The Morgan fingerprint density at radius 3 is 2.50 bits per heavy atom. The number of aryl methyl sites for hydroxylation is 1. The first kappa shape index (κ1) is 14.8. The molecule has 1 aromatic rings. The van der Waals surface area contributed by atoms with Gasteiger partial charge in [-0.15, -0.1) is 0 Å². The lowest BCUT2D eigenvalue weighted by Crippen LogP contribution is -2.29. The van der Waals surface area contributed by atoms with Crippen molar-refractivity contribution in [2.75, 3.05) is 0 Å². The normalized spacial score (nSPS) is 13.4. The van der Waals surface area contributed by atoms with Crippen LogP contribution in [0, 0.1) is 18.2 Å². The third kappa shape index (κ3) is 4.57. The van der Waals surface area contributed by atoms with Crippen molar-refractivity contribution >= 4 is 5.78 Å². The SMILES string of the molecule is Cc1cc(C(=O)CC(N)CC(C)(C)C)ccc1F. The second kappa shape index (κ2) is 5.61. The van der Waals surface area contributed by atoms with Crippen LogP contribution < -0.4 is 5.73 Å². The Kier molecular flexibility index (Phi) is 4.63. The van der Waals surface area contributed by atoms with E-state index in [9.17, 15) is 9.18 Å². The summed E-state index contributed by atoms with van der Waals surface area (Å²) in [7, 11) is 0. The quantitative estimate of drug-likeness (QED) is 0.833. The topological polar surface area (TPSA) is 43.1 Å². The summed E-state index contributed by atoms with van der Waals surface area (Å²) in [6.45, 7) is 7.94. The average molecular weight is 251 g/mol. The van der Waals surface area contributed by atoms with E-state index in [0.29, 0.717) is 17.5 Å². The van der Waals surface area contributed by atoms with Gasteiger partial charge in [0.05, 0.1) is 0 Å². The number of hydrogen-bond acceptors (Lipinski definition) is 2. The minimum atomic E-state index is -0.287. The number of carbonyl (C=O) groups is 1. The third-order valence-corrected chi connectivity index (χ3v) is 2.80. The largest absolute Gasteiger partial charge is 0.327 e.